The molecule has 0 bridgehead atoms. The van der Waals surface area contributed by atoms with E-state index in [4.69, 9.17) is 9.47 Å². The molecule has 0 unspecified atom stereocenters. The smallest absolute Gasteiger partial charge is 0.339 e. The molecule has 0 amide bonds. The number of nitrogens with zero attached hydrogens (tertiary/aromatic N) is 1. The first-order valence-electron chi connectivity index (χ1n) is 5.61. The molecule has 2 aromatic rings. The van der Waals surface area contributed by atoms with Gasteiger partial charge in [0.25, 0.3) is 0 Å². The molecule has 0 spiro atoms. The first-order valence-corrected chi connectivity index (χ1v) is 6.74. The monoisotopic (exact) mass is 321 g/mol. The van der Waals surface area contributed by atoms with Crippen LogP contribution >= 0.6 is 15.9 Å². The number of carbonyl (C=O) groups is 1. The summed E-state index contributed by atoms with van der Waals surface area (Å²) < 4.78 is 10.3. The molecule has 0 saturated carbocycles. The van der Waals surface area contributed by atoms with Crippen LogP contribution in [0.3, 0.4) is 0 Å². The first-order chi connectivity index (χ1) is 9.24. The van der Waals surface area contributed by atoms with E-state index >= 15 is 0 Å². The number of hydrogen-bond acceptors (Lipinski definition) is 4. The summed E-state index contributed by atoms with van der Waals surface area (Å²) in [6.45, 7) is 0. The van der Waals surface area contributed by atoms with Crippen molar-refractivity contribution in [1.29, 1.82) is 0 Å². The van der Waals surface area contributed by atoms with Crippen molar-refractivity contribution in [3.8, 4) is 11.6 Å². The zero-order valence-electron chi connectivity index (χ0n) is 10.3. The van der Waals surface area contributed by atoms with E-state index in [2.05, 4.69) is 20.9 Å². The molecule has 0 atom stereocenters. The summed E-state index contributed by atoms with van der Waals surface area (Å²) in [4.78, 5) is 15.8. The third kappa shape index (κ3) is 3.32. The molecule has 0 fully saturated rings. The second-order valence-corrected chi connectivity index (χ2v) is 4.24. The molecule has 0 aliphatic carbocycles. The number of methoxy groups -OCH3 is 1. The standard InChI is InChI=1S/C14H12BrNO3/c1-18-14(17)11-7-8-13(16-12(11)9-15)19-10-5-3-2-4-6-10/h2-8H,9H2,1H3. The van der Waals surface area contributed by atoms with Gasteiger partial charge in [0.1, 0.15) is 5.75 Å². The van der Waals surface area contributed by atoms with Gasteiger partial charge in [0, 0.05) is 11.4 Å². The van der Waals surface area contributed by atoms with Crippen LogP contribution in [0.25, 0.3) is 0 Å². The Labute approximate surface area is 119 Å². The van der Waals surface area contributed by atoms with Crippen LogP contribution in [0.15, 0.2) is 42.5 Å². The Morgan fingerprint density at radius 1 is 1.21 bits per heavy atom. The molecule has 0 saturated heterocycles. The van der Waals surface area contributed by atoms with E-state index in [1.165, 1.54) is 7.11 Å². The zero-order valence-corrected chi connectivity index (χ0v) is 11.9. The number of benzene rings is 1. The predicted octanol–water partition coefficient (Wildman–Crippen LogP) is 3.56. The molecule has 0 N–H and O–H groups in total. The Balaban J connectivity index is 2.27. The highest BCUT2D eigenvalue weighted by molar-refractivity contribution is 9.08. The first kappa shape index (κ1) is 13.5. The fourth-order valence-corrected chi connectivity index (χ4v) is 1.97. The van der Waals surface area contributed by atoms with Gasteiger partial charge in [0.15, 0.2) is 0 Å². The second-order valence-electron chi connectivity index (χ2n) is 3.68. The Morgan fingerprint density at radius 3 is 2.58 bits per heavy atom. The average Bonchev–Trinajstić information content (AvgIpc) is 2.47. The molecular weight excluding hydrogens is 310 g/mol. The second kappa shape index (κ2) is 6.33. The number of aromatic nitrogens is 1. The van der Waals surface area contributed by atoms with Gasteiger partial charge in [-0.1, -0.05) is 34.1 Å². The minimum Gasteiger partial charge on any atom is -0.465 e. The van der Waals surface area contributed by atoms with Crippen LogP contribution in [0.2, 0.25) is 0 Å². The van der Waals surface area contributed by atoms with E-state index < -0.39 is 5.97 Å². The van der Waals surface area contributed by atoms with Crippen LogP contribution in [0.4, 0.5) is 0 Å². The predicted molar refractivity (Wildman–Crippen MR) is 74.7 cm³/mol. The van der Waals surface area contributed by atoms with E-state index in [0.717, 1.165) is 0 Å². The van der Waals surface area contributed by atoms with Gasteiger partial charge in [-0.05, 0) is 18.2 Å². The van der Waals surface area contributed by atoms with Gasteiger partial charge in [-0.2, -0.15) is 0 Å². The lowest BCUT2D eigenvalue weighted by molar-refractivity contribution is 0.0599. The number of pyridine rings is 1. The van der Waals surface area contributed by atoms with E-state index in [1.54, 1.807) is 12.1 Å². The Morgan fingerprint density at radius 2 is 1.95 bits per heavy atom. The van der Waals surface area contributed by atoms with Crippen molar-refractivity contribution in [2.24, 2.45) is 0 Å². The van der Waals surface area contributed by atoms with Crippen LogP contribution in [-0.4, -0.2) is 18.1 Å². The zero-order chi connectivity index (χ0) is 13.7. The Bertz CT molecular complexity index is 572. The molecule has 5 heteroatoms. The number of esters is 1. The lowest BCUT2D eigenvalue weighted by Crippen LogP contribution is -2.07. The summed E-state index contributed by atoms with van der Waals surface area (Å²) in [6, 6.07) is 12.6. The maximum Gasteiger partial charge on any atom is 0.339 e. The van der Waals surface area contributed by atoms with E-state index in [-0.39, 0.29) is 0 Å². The minimum atomic E-state index is -0.409. The SMILES string of the molecule is COC(=O)c1ccc(Oc2ccccc2)nc1CBr. The number of ether oxygens (including phenoxy) is 2. The molecule has 4 nitrogen and oxygen atoms in total. The lowest BCUT2D eigenvalue weighted by atomic mass is 10.2. The van der Waals surface area contributed by atoms with Gasteiger partial charge in [0.2, 0.25) is 5.88 Å². The van der Waals surface area contributed by atoms with Gasteiger partial charge in [-0.25, -0.2) is 9.78 Å². The molecule has 0 radical (unpaired) electrons. The summed E-state index contributed by atoms with van der Waals surface area (Å²) in [5.74, 6) is 0.725. The van der Waals surface area contributed by atoms with E-state index in [0.29, 0.717) is 28.2 Å². The Hall–Kier alpha value is -1.88. The summed E-state index contributed by atoms with van der Waals surface area (Å²) in [6.07, 6.45) is 0. The summed E-state index contributed by atoms with van der Waals surface area (Å²) in [5.41, 5.74) is 1.01. The Kier molecular flexibility index (Phi) is 4.52. The molecular formula is C14H12BrNO3. The molecule has 0 aliphatic rings. The van der Waals surface area contributed by atoms with Gasteiger partial charge >= 0.3 is 5.97 Å². The number of para-hydroxylation sites is 1. The fraction of sp³-hybridized carbons (Fsp3) is 0.143. The largest absolute Gasteiger partial charge is 0.465 e. The van der Waals surface area contributed by atoms with Gasteiger partial charge in [-0.15, -0.1) is 0 Å². The third-order valence-electron chi connectivity index (χ3n) is 2.45. The highest BCUT2D eigenvalue weighted by Crippen LogP contribution is 2.22. The maximum atomic E-state index is 11.5. The number of hydrogen-bond donors (Lipinski definition) is 0. The number of alkyl halides is 1. The number of carbonyl (C=O) groups excluding carboxylic acids is 1. The number of halogens is 1. The summed E-state index contributed by atoms with van der Waals surface area (Å²) >= 11 is 3.30. The van der Waals surface area contributed by atoms with Crippen LogP contribution < -0.4 is 4.74 Å². The van der Waals surface area contributed by atoms with Crippen molar-refractivity contribution in [1.82, 2.24) is 4.98 Å². The molecule has 1 aromatic heterocycles. The van der Waals surface area contributed by atoms with Crippen molar-refractivity contribution in [3.63, 3.8) is 0 Å². The fourth-order valence-electron chi connectivity index (χ4n) is 1.55. The van der Waals surface area contributed by atoms with Crippen molar-refractivity contribution >= 4 is 21.9 Å². The normalized spacial score (nSPS) is 10.0. The summed E-state index contributed by atoms with van der Waals surface area (Å²) in [5, 5.41) is 0.448. The highest BCUT2D eigenvalue weighted by atomic mass is 79.9. The molecule has 1 heterocycles. The highest BCUT2D eigenvalue weighted by Gasteiger charge is 2.13. The van der Waals surface area contributed by atoms with Gasteiger partial charge in [-0.3, -0.25) is 0 Å². The average molecular weight is 322 g/mol. The van der Waals surface area contributed by atoms with Crippen LogP contribution in [0.5, 0.6) is 11.6 Å². The van der Waals surface area contributed by atoms with Crippen LogP contribution in [0.1, 0.15) is 16.1 Å². The number of rotatable bonds is 4. The summed E-state index contributed by atoms with van der Waals surface area (Å²) in [7, 11) is 1.34. The minimum absolute atomic E-state index is 0.409. The molecule has 98 valence electrons. The van der Waals surface area contributed by atoms with E-state index in [1.807, 2.05) is 30.3 Å². The van der Waals surface area contributed by atoms with Gasteiger partial charge in [0.05, 0.1) is 18.4 Å². The molecule has 0 aliphatic heterocycles. The third-order valence-corrected chi connectivity index (χ3v) is 2.98. The maximum absolute atomic E-state index is 11.5. The van der Waals surface area contributed by atoms with E-state index in [9.17, 15) is 4.79 Å². The topological polar surface area (TPSA) is 48.4 Å². The van der Waals surface area contributed by atoms with Gasteiger partial charge < -0.3 is 9.47 Å². The van der Waals surface area contributed by atoms with Crippen molar-refractivity contribution < 1.29 is 14.3 Å². The van der Waals surface area contributed by atoms with Crippen LogP contribution in [0, 0.1) is 0 Å². The van der Waals surface area contributed by atoms with Crippen molar-refractivity contribution in [2.45, 2.75) is 5.33 Å². The molecule has 2 rings (SSSR count). The van der Waals surface area contributed by atoms with Crippen molar-refractivity contribution in [2.75, 3.05) is 7.11 Å². The molecule has 1 aromatic carbocycles. The lowest BCUT2D eigenvalue weighted by Gasteiger charge is -2.08. The van der Waals surface area contributed by atoms with Crippen molar-refractivity contribution in [3.05, 3.63) is 53.7 Å². The molecule has 19 heavy (non-hydrogen) atoms. The quantitative estimate of drug-likeness (QED) is 0.638. The van der Waals surface area contributed by atoms with Crippen LogP contribution in [-0.2, 0) is 10.1 Å².